The zero-order chi connectivity index (χ0) is 17.8. The van der Waals surface area contributed by atoms with Crippen molar-refractivity contribution in [2.24, 2.45) is 0 Å². The summed E-state index contributed by atoms with van der Waals surface area (Å²) in [5.74, 6) is 0.00374. The Hall–Kier alpha value is -2.62. The van der Waals surface area contributed by atoms with Crippen molar-refractivity contribution in [1.82, 2.24) is 4.90 Å². The molecule has 130 valence electrons. The van der Waals surface area contributed by atoms with E-state index in [1.165, 1.54) is 0 Å². The molecule has 2 amide bonds. The van der Waals surface area contributed by atoms with Crippen LogP contribution in [0.15, 0.2) is 54.6 Å². The van der Waals surface area contributed by atoms with Crippen molar-refractivity contribution >= 4 is 17.5 Å². The maximum Gasteiger partial charge on any atom is 0.249 e. The highest BCUT2D eigenvalue weighted by Gasteiger charge is 2.35. The van der Waals surface area contributed by atoms with Crippen molar-refractivity contribution in [1.29, 1.82) is 0 Å². The van der Waals surface area contributed by atoms with Gasteiger partial charge in [0.15, 0.2) is 0 Å². The number of piperazine rings is 1. The smallest absolute Gasteiger partial charge is 0.249 e. The monoisotopic (exact) mass is 336 g/mol. The summed E-state index contributed by atoms with van der Waals surface area (Å²) in [6.07, 6.45) is 1.22. The molecule has 25 heavy (non-hydrogen) atoms. The molecule has 2 aromatic rings. The summed E-state index contributed by atoms with van der Waals surface area (Å²) in [5.41, 5.74) is 3.11. The number of hydrogen-bond acceptors (Lipinski definition) is 2. The molecule has 0 aromatic heterocycles. The number of rotatable bonds is 4. The Bertz CT molecular complexity index is 758. The third-order valence-electron chi connectivity index (χ3n) is 4.84. The highest BCUT2D eigenvalue weighted by Crippen LogP contribution is 2.25. The standard InChI is InChI=1S/C21H24N2O2/c1-3-18-11-7-8-12-19(18)23-14-13-22(16(2)21(23)25)20(24)15-17-9-5-4-6-10-17/h4-12,16H,3,13-15H2,1-2H3/t16-/m0/s1. The lowest BCUT2D eigenvalue weighted by Crippen LogP contribution is -2.58. The van der Waals surface area contributed by atoms with E-state index in [1.54, 1.807) is 4.90 Å². The molecule has 1 atom stereocenters. The van der Waals surface area contributed by atoms with Crippen molar-refractivity contribution in [3.8, 4) is 0 Å². The van der Waals surface area contributed by atoms with E-state index in [2.05, 4.69) is 13.0 Å². The number of hydrogen-bond donors (Lipinski definition) is 0. The van der Waals surface area contributed by atoms with Crippen LogP contribution in [0.25, 0.3) is 0 Å². The van der Waals surface area contributed by atoms with E-state index in [0.717, 1.165) is 23.2 Å². The molecule has 1 aliphatic rings. The van der Waals surface area contributed by atoms with Crippen LogP contribution in [0.5, 0.6) is 0 Å². The normalized spacial score (nSPS) is 17.7. The van der Waals surface area contributed by atoms with Gasteiger partial charge in [0.05, 0.1) is 6.42 Å². The Balaban J connectivity index is 1.74. The number of carbonyl (C=O) groups is 2. The minimum absolute atomic E-state index is 0.00596. The van der Waals surface area contributed by atoms with E-state index in [1.807, 2.05) is 60.4 Å². The van der Waals surface area contributed by atoms with E-state index in [0.29, 0.717) is 19.5 Å². The first kappa shape index (κ1) is 17.2. The summed E-state index contributed by atoms with van der Waals surface area (Å²) in [6, 6.07) is 17.2. The quantitative estimate of drug-likeness (QED) is 0.861. The van der Waals surface area contributed by atoms with Gasteiger partial charge >= 0.3 is 0 Å². The number of carbonyl (C=O) groups excluding carboxylic acids is 2. The van der Waals surface area contributed by atoms with Crippen molar-refractivity contribution in [3.05, 3.63) is 65.7 Å². The van der Waals surface area contributed by atoms with Gasteiger partial charge in [-0.2, -0.15) is 0 Å². The molecule has 0 bridgehead atoms. The lowest BCUT2D eigenvalue weighted by Gasteiger charge is -2.39. The van der Waals surface area contributed by atoms with E-state index >= 15 is 0 Å². The molecule has 0 spiro atoms. The molecule has 4 heteroatoms. The number of benzene rings is 2. The summed E-state index contributed by atoms with van der Waals surface area (Å²) < 4.78 is 0. The van der Waals surface area contributed by atoms with Crippen LogP contribution < -0.4 is 4.90 Å². The van der Waals surface area contributed by atoms with Crippen molar-refractivity contribution < 1.29 is 9.59 Å². The van der Waals surface area contributed by atoms with Gasteiger partial charge in [0.2, 0.25) is 11.8 Å². The van der Waals surface area contributed by atoms with Gasteiger partial charge in [0.25, 0.3) is 0 Å². The molecule has 0 unspecified atom stereocenters. The number of aryl methyl sites for hydroxylation is 1. The minimum atomic E-state index is -0.435. The SMILES string of the molecule is CCc1ccccc1N1CCN(C(=O)Cc2ccccc2)[C@@H](C)C1=O. The molecule has 0 aliphatic carbocycles. The lowest BCUT2D eigenvalue weighted by atomic mass is 10.1. The van der Waals surface area contributed by atoms with Crippen LogP contribution in [0, 0.1) is 0 Å². The van der Waals surface area contributed by atoms with E-state index in [-0.39, 0.29) is 11.8 Å². The maximum absolute atomic E-state index is 12.9. The topological polar surface area (TPSA) is 40.6 Å². The number of nitrogens with zero attached hydrogens (tertiary/aromatic N) is 2. The van der Waals surface area contributed by atoms with Gasteiger partial charge in [0, 0.05) is 18.8 Å². The molecule has 3 rings (SSSR count). The van der Waals surface area contributed by atoms with Crippen LogP contribution in [0.1, 0.15) is 25.0 Å². The van der Waals surface area contributed by atoms with Crippen molar-refractivity contribution in [2.45, 2.75) is 32.7 Å². The zero-order valence-corrected chi connectivity index (χ0v) is 14.8. The fraction of sp³-hybridized carbons (Fsp3) is 0.333. The molecule has 1 heterocycles. The molecule has 0 N–H and O–H groups in total. The first-order valence-electron chi connectivity index (χ1n) is 8.84. The van der Waals surface area contributed by atoms with E-state index < -0.39 is 6.04 Å². The fourth-order valence-corrected chi connectivity index (χ4v) is 3.40. The van der Waals surface area contributed by atoms with Crippen LogP contribution >= 0.6 is 0 Å². The third-order valence-corrected chi connectivity index (χ3v) is 4.84. The molecule has 1 aliphatic heterocycles. The zero-order valence-electron chi connectivity index (χ0n) is 14.8. The second-order valence-corrected chi connectivity index (χ2v) is 6.40. The molecule has 2 aromatic carbocycles. The predicted molar refractivity (Wildman–Crippen MR) is 99.5 cm³/mol. The van der Waals surface area contributed by atoms with Crippen molar-refractivity contribution in [2.75, 3.05) is 18.0 Å². The Morgan fingerprint density at radius 1 is 1.04 bits per heavy atom. The second-order valence-electron chi connectivity index (χ2n) is 6.40. The molecule has 1 fully saturated rings. The third kappa shape index (κ3) is 3.58. The number of para-hydroxylation sites is 1. The first-order valence-corrected chi connectivity index (χ1v) is 8.84. The van der Waals surface area contributed by atoms with Crippen LogP contribution in [-0.2, 0) is 22.4 Å². The van der Waals surface area contributed by atoms with E-state index in [9.17, 15) is 9.59 Å². The lowest BCUT2D eigenvalue weighted by molar-refractivity contribution is -0.140. The van der Waals surface area contributed by atoms with Gasteiger partial charge in [0.1, 0.15) is 6.04 Å². The fourth-order valence-electron chi connectivity index (χ4n) is 3.40. The first-order chi connectivity index (χ1) is 12.1. The molecule has 0 saturated carbocycles. The highest BCUT2D eigenvalue weighted by molar-refractivity contribution is 6.00. The van der Waals surface area contributed by atoms with Gasteiger partial charge in [-0.15, -0.1) is 0 Å². The van der Waals surface area contributed by atoms with Crippen LogP contribution in [0.2, 0.25) is 0 Å². The van der Waals surface area contributed by atoms with Crippen molar-refractivity contribution in [3.63, 3.8) is 0 Å². The van der Waals surface area contributed by atoms with Gasteiger partial charge in [-0.1, -0.05) is 55.5 Å². The summed E-state index contributed by atoms with van der Waals surface area (Å²) >= 11 is 0. The second kappa shape index (κ2) is 7.51. The molecular formula is C21H24N2O2. The highest BCUT2D eigenvalue weighted by atomic mass is 16.2. The largest absolute Gasteiger partial charge is 0.329 e. The maximum atomic E-state index is 12.9. The van der Waals surface area contributed by atoms with Crippen LogP contribution in [0.4, 0.5) is 5.69 Å². The number of anilines is 1. The summed E-state index contributed by atoms with van der Waals surface area (Å²) in [7, 11) is 0. The van der Waals surface area contributed by atoms with Gasteiger partial charge in [-0.3, -0.25) is 9.59 Å². The Morgan fingerprint density at radius 2 is 1.72 bits per heavy atom. The van der Waals surface area contributed by atoms with Gasteiger partial charge in [-0.25, -0.2) is 0 Å². The van der Waals surface area contributed by atoms with Gasteiger partial charge in [-0.05, 0) is 30.5 Å². The Kier molecular flexibility index (Phi) is 5.17. The summed E-state index contributed by atoms with van der Waals surface area (Å²) in [4.78, 5) is 29.1. The van der Waals surface area contributed by atoms with E-state index in [4.69, 9.17) is 0 Å². The number of amides is 2. The van der Waals surface area contributed by atoms with Gasteiger partial charge < -0.3 is 9.80 Å². The predicted octanol–water partition coefficient (Wildman–Crippen LogP) is 3.06. The molecule has 0 radical (unpaired) electrons. The Morgan fingerprint density at radius 3 is 2.44 bits per heavy atom. The van der Waals surface area contributed by atoms with Crippen LogP contribution in [-0.4, -0.2) is 35.8 Å². The average molecular weight is 336 g/mol. The minimum Gasteiger partial charge on any atom is -0.329 e. The average Bonchev–Trinajstić information content (AvgIpc) is 2.64. The summed E-state index contributed by atoms with van der Waals surface area (Å²) in [6.45, 7) is 5.02. The molecular weight excluding hydrogens is 312 g/mol. The molecule has 1 saturated heterocycles. The summed E-state index contributed by atoms with van der Waals surface area (Å²) in [5, 5.41) is 0. The van der Waals surface area contributed by atoms with Crippen LogP contribution in [0.3, 0.4) is 0 Å². The Labute approximate surface area is 149 Å². The molecule has 4 nitrogen and oxygen atoms in total.